The van der Waals surface area contributed by atoms with E-state index in [2.05, 4.69) is 4.98 Å². The highest BCUT2D eigenvalue weighted by molar-refractivity contribution is 7.13. The smallest absolute Gasteiger partial charge is 0.355 e. The summed E-state index contributed by atoms with van der Waals surface area (Å²) in [4.78, 5) is 14.6. The molecule has 3 nitrogen and oxygen atoms in total. The summed E-state index contributed by atoms with van der Waals surface area (Å²) in [7, 11) is 0. The Morgan fingerprint density at radius 1 is 1.31 bits per heavy atom. The number of carboxylic acid groups (broad SMARTS) is 1. The van der Waals surface area contributed by atoms with Crippen LogP contribution in [0.4, 0.5) is 0 Å². The van der Waals surface area contributed by atoms with Gasteiger partial charge in [-0.05, 0) is 12.1 Å². The Labute approximate surface area is 105 Å². The topological polar surface area (TPSA) is 50.2 Å². The molecule has 6 heteroatoms. The number of aromatic carboxylic acids is 1. The molecular formula is C10H5Cl2NO2S. The first kappa shape index (κ1) is 11.4. The van der Waals surface area contributed by atoms with Crippen LogP contribution in [0.5, 0.6) is 0 Å². The molecule has 2 aromatic rings. The van der Waals surface area contributed by atoms with E-state index in [0.29, 0.717) is 15.1 Å². The summed E-state index contributed by atoms with van der Waals surface area (Å²) in [5.41, 5.74) is 0.790. The molecule has 1 aromatic carbocycles. The Morgan fingerprint density at radius 3 is 2.62 bits per heavy atom. The first-order chi connectivity index (χ1) is 7.58. The van der Waals surface area contributed by atoms with Crippen molar-refractivity contribution >= 4 is 40.5 Å². The van der Waals surface area contributed by atoms with E-state index in [1.807, 2.05) is 0 Å². The van der Waals surface area contributed by atoms with E-state index in [1.165, 1.54) is 16.7 Å². The van der Waals surface area contributed by atoms with Crippen LogP contribution in [0.1, 0.15) is 10.5 Å². The summed E-state index contributed by atoms with van der Waals surface area (Å²) >= 11 is 12.9. The van der Waals surface area contributed by atoms with E-state index in [1.54, 1.807) is 18.2 Å². The molecule has 0 aliphatic carbocycles. The molecule has 16 heavy (non-hydrogen) atoms. The molecule has 2 rings (SSSR count). The van der Waals surface area contributed by atoms with Crippen molar-refractivity contribution in [1.82, 2.24) is 4.98 Å². The predicted octanol–water partition coefficient (Wildman–Crippen LogP) is 3.82. The van der Waals surface area contributed by atoms with Gasteiger partial charge in [0.25, 0.3) is 0 Å². The van der Waals surface area contributed by atoms with Crippen LogP contribution in [0.25, 0.3) is 10.6 Å². The Morgan fingerprint density at radius 2 is 2.06 bits per heavy atom. The zero-order valence-corrected chi connectivity index (χ0v) is 10.1. The third-order valence-corrected chi connectivity index (χ3v) is 3.52. The van der Waals surface area contributed by atoms with Gasteiger partial charge in [-0.2, -0.15) is 0 Å². The third-order valence-electron chi connectivity index (χ3n) is 1.89. The molecule has 0 unspecified atom stereocenters. The number of thiazole rings is 1. The Kier molecular flexibility index (Phi) is 3.14. The summed E-state index contributed by atoms with van der Waals surface area (Å²) in [6.45, 7) is 0. The van der Waals surface area contributed by atoms with E-state index in [9.17, 15) is 4.79 Å². The summed E-state index contributed by atoms with van der Waals surface area (Å²) in [6, 6.07) is 5.06. The number of halogens is 2. The second-order valence-electron chi connectivity index (χ2n) is 2.97. The molecule has 0 fully saturated rings. The Balaban J connectivity index is 2.42. The third kappa shape index (κ3) is 2.19. The number of hydrogen-bond acceptors (Lipinski definition) is 3. The van der Waals surface area contributed by atoms with Gasteiger partial charge in [-0.15, -0.1) is 11.3 Å². The molecule has 0 radical (unpaired) electrons. The predicted molar refractivity (Wildman–Crippen MR) is 64.5 cm³/mol. The fourth-order valence-corrected chi connectivity index (χ4v) is 2.22. The number of hydrogen-bond donors (Lipinski definition) is 1. The van der Waals surface area contributed by atoms with Crippen LogP contribution < -0.4 is 0 Å². The number of carbonyl (C=O) groups is 1. The second kappa shape index (κ2) is 4.41. The number of benzene rings is 1. The van der Waals surface area contributed by atoms with E-state index >= 15 is 0 Å². The van der Waals surface area contributed by atoms with Crippen LogP contribution in [0.2, 0.25) is 10.0 Å². The van der Waals surface area contributed by atoms with Gasteiger partial charge in [-0.3, -0.25) is 0 Å². The van der Waals surface area contributed by atoms with Crippen molar-refractivity contribution in [2.24, 2.45) is 0 Å². The van der Waals surface area contributed by atoms with Crippen LogP contribution in [0, 0.1) is 0 Å². The van der Waals surface area contributed by atoms with Crippen molar-refractivity contribution in [2.45, 2.75) is 0 Å². The van der Waals surface area contributed by atoms with Crippen LogP contribution in [-0.4, -0.2) is 16.1 Å². The maximum absolute atomic E-state index is 10.7. The summed E-state index contributed by atoms with van der Waals surface area (Å²) in [5, 5.41) is 11.7. The number of rotatable bonds is 2. The highest BCUT2D eigenvalue weighted by Crippen LogP contribution is 2.30. The van der Waals surface area contributed by atoms with Crippen LogP contribution >= 0.6 is 34.5 Å². The fraction of sp³-hybridized carbons (Fsp3) is 0. The van der Waals surface area contributed by atoms with Crippen molar-refractivity contribution in [3.05, 3.63) is 39.3 Å². The molecule has 1 heterocycles. The molecule has 0 saturated heterocycles. The van der Waals surface area contributed by atoms with Gasteiger partial charge in [0.1, 0.15) is 5.01 Å². The molecule has 0 atom stereocenters. The molecule has 0 aliphatic heterocycles. The van der Waals surface area contributed by atoms with Gasteiger partial charge < -0.3 is 5.11 Å². The maximum Gasteiger partial charge on any atom is 0.355 e. The number of aromatic nitrogens is 1. The molecular weight excluding hydrogens is 269 g/mol. The molecule has 1 N–H and O–H groups in total. The normalized spacial score (nSPS) is 10.4. The highest BCUT2D eigenvalue weighted by Gasteiger charge is 2.10. The fourth-order valence-electron chi connectivity index (χ4n) is 1.13. The van der Waals surface area contributed by atoms with Crippen LogP contribution in [0.15, 0.2) is 23.6 Å². The van der Waals surface area contributed by atoms with Crippen LogP contribution in [0.3, 0.4) is 0 Å². The SMILES string of the molecule is O=C(O)c1csc(-c2ccc(Cl)c(Cl)c2)n1. The van der Waals surface area contributed by atoms with E-state index < -0.39 is 5.97 Å². The second-order valence-corrected chi connectivity index (χ2v) is 4.64. The average molecular weight is 274 g/mol. The summed E-state index contributed by atoms with van der Waals surface area (Å²) in [6.07, 6.45) is 0. The minimum absolute atomic E-state index is 0.0334. The minimum Gasteiger partial charge on any atom is -0.476 e. The molecule has 1 aromatic heterocycles. The maximum atomic E-state index is 10.7. The molecule has 82 valence electrons. The van der Waals surface area contributed by atoms with Crippen LogP contribution in [-0.2, 0) is 0 Å². The van der Waals surface area contributed by atoms with Gasteiger partial charge in [0.05, 0.1) is 10.0 Å². The van der Waals surface area contributed by atoms with Crippen molar-refractivity contribution in [2.75, 3.05) is 0 Å². The lowest BCUT2D eigenvalue weighted by Gasteiger charge is -1.98. The van der Waals surface area contributed by atoms with Gasteiger partial charge in [-0.25, -0.2) is 9.78 Å². The van der Waals surface area contributed by atoms with Crippen molar-refractivity contribution in [1.29, 1.82) is 0 Å². The van der Waals surface area contributed by atoms with Gasteiger partial charge >= 0.3 is 5.97 Å². The standard InChI is InChI=1S/C10H5Cl2NO2S/c11-6-2-1-5(3-7(6)12)9-13-8(4-16-9)10(14)15/h1-4H,(H,14,15). The molecule has 0 aliphatic rings. The lowest BCUT2D eigenvalue weighted by molar-refractivity contribution is 0.0691. The van der Waals surface area contributed by atoms with Crippen molar-refractivity contribution < 1.29 is 9.90 Å². The minimum atomic E-state index is -1.04. The highest BCUT2D eigenvalue weighted by atomic mass is 35.5. The summed E-state index contributed by atoms with van der Waals surface area (Å²) < 4.78 is 0. The lowest BCUT2D eigenvalue weighted by Crippen LogP contribution is -1.95. The quantitative estimate of drug-likeness (QED) is 0.905. The monoisotopic (exact) mass is 273 g/mol. The van der Waals surface area contributed by atoms with Gasteiger partial charge in [0.15, 0.2) is 5.69 Å². The van der Waals surface area contributed by atoms with E-state index in [4.69, 9.17) is 28.3 Å². The van der Waals surface area contributed by atoms with Gasteiger partial charge in [0.2, 0.25) is 0 Å². The first-order valence-electron chi connectivity index (χ1n) is 4.22. The molecule has 0 saturated carbocycles. The van der Waals surface area contributed by atoms with Crippen molar-refractivity contribution in [3.63, 3.8) is 0 Å². The number of carboxylic acids is 1. The molecule has 0 spiro atoms. The Bertz CT molecular complexity index is 554. The average Bonchev–Trinajstić information content (AvgIpc) is 2.71. The van der Waals surface area contributed by atoms with Crippen molar-refractivity contribution in [3.8, 4) is 10.6 Å². The Hall–Kier alpha value is -1.10. The number of nitrogens with zero attached hydrogens (tertiary/aromatic N) is 1. The zero-order valence-electron chi connectivity index (χ0n) is 7.78. The first-order valence-corrected chi connectivity index (χ1v) is 5.86. The lowest BCUT2D eigenvalue weighted by atomic mass is 10.2. The van der Waals surface area contributed by atoms with E-state index in [0.717, 1.165) is 5.56 Å². The molecule has 0 amide bonds. The van der Waals surface area contributed by atoms with Gasteiger partial charge in [0, 0.05) is 10.9 Å². The van der Waals surface area contributed by atoms with Gasteiger partial charge in [-0.1, -0.05) is 29.3 Å². The summed E-state index contributed by atoms with van der Waals surface area (Å²) in [5.74, 6) is -1.04. The zero-order chi connectivity index (χ0) is 11.7. The largest absolute Gasteiger partial charge is 0.476 e. The molecule has 0 bridgehead atoms. The van der Waals surface area contributed by atoms with E-state index in [-0.39, 0.29) is 5.69 Å².